The van der Waals surface area contributed by atoms with Crippen LogP contribution >= 0.6 is 24.0 Å². The first-order valence-electron chi connectivity index (χ1n) is 9.23. The lowest BCUT2D eigenvalue weighted by Crippen LogP contribution is -2.37. The van der Waals surface area contributed by atoms with Crippen molar-refractivity contribution in [3.05, 3.63) is 65.4 Å². The summed E-state index contributed by atoms with van der Waals surface area (Å²) in [5.41, 5.74) is 2.49. The molecule has 28 heavy (non-hydrogen) atoms. The van der Waals surface area contributed by atoms with Crippen LogP contribution in [-0.2, 0) is 13.0 Å². The van der Waals surface area contributed by atoms with E-state index < -0.39 is 0 Å². The Bertz CT molecular complexity index is 924. The number of guanidine groups is 1. The summed E-state index contributed by atoms with van der Waals surface area (Å²) in [5.74, 6) is 1.52. The predicted molar refractivity (Wildman–Crippen MR) is 121 cm³/mol. The Morgan fingerprint density at radius 3 is 2.82 bits per heavy atom. The molecule has 150 valence electrons. The summed E-state index contributed by atoms with van der Waals surface area (Å²) in [6, 6.07) is 11.0. The molecule has 0 aliphatic heterocycles. The van der Waals surface area contributed by atoms with Crippen LogP contribution in [0, 0.1) is 12.7 Å². The van der Waals surface area contributed by atoms with Crippen molar-refractivity contribution >= 4 is 35.6 Å². The number of hydrogen-bond acceptors (Lipinski definition) is 3. The van der Waals surface area contributed by atoms with Gasteiger partial charge in [0.05, 0.1) is 6.54 Å². The van der Waals surface area contributed by atoms with Crippen molar-refractivity contribution in [3.63, 3.8) is 0 Å². The van der Waals surface area contributed by atoms with Crippen molar-refractivity contribution in [1.82, 2.24) is 25.2 Å². The highest BCUT2D eigenvalue weighted by Crippen LogP contribution is 2.10. The largest absolute Gasteiger partial charge is 0.357 e. The first kappa shape index (κ1) is 22.1. The van der Waals surface area contributed by atoms with E-state index >= 15 is 0 Å². The first-order valence-corrected chi connectivity index (χ1v) is 9.23. The van der Waals surface area contributed by atoms with Crippen molar-refractivity contribution in [1.29, 1.82) is 0 Å². The number of hydrogen-bond donors (Lipinski definition) is 2. The van der Waals surface area contributed by atoms with Gasteiger partial charge in [0.25, 0.3) is 0 Å². The monoisotopic (exact) mass is 496 g/mol. The topological polar surface area (TPSA) is 66.6 Å². The van der Waals surface area contributed by atoms with Gasteiger partial charge in [-0.25, -0.2) is 9.38 Å². The van der Waals surface area contributed by atoms with Crippen molar-refractivity contribution in [2.24, 2.45) is 4.99 Å². The van der Waals surface area contributed by atoms with Crippen LogP contribution in [-0.4, -0.2) is 33.6 Å². The molecule has 3 rings (SSSR count). The zero-order chi connectivity index (χ0) is 19.1. The van der Waals surface area contributed by atoms with E-state index in [0.717, 1.165) is 48.9 Å². The lowest BCUT2D eigenvalue weighted by molar-refractivity contribution is 0.617. The predicted octanol–water partition coefficient (Wildman–Crippen LogP) is 3.48. The highest BCUT2D eigenvalue weighted by Gasteiger charge is 2.05. The quantitative estimate of drug-likeness (QED) is 0.228. The van der Waals surface area contributed by atoms with Crippen molar-refractivity contribution in [2.75, 3.05) is 13.1 Å². The standard InChI is InChI=1S/C20H25FN6.HI/c1-3-22-20(24-14-16-9-10-17(21)15(2)13-16)23-11-6-8-19-26-25-18-7-4-5-12-27(18)19;/h4-5,7,9-10,12-13H,3,6,8,11,14H2,1-2H3,(H2,22,23,24);1H. The van der Waals surface area contributed by atoms with E-state index in [-0.39, 0.29) is 29.8 Å². The summed E-state index contributed by atoms with van der Waals surface area (Å²) in [6.07, 6.45) is 3.72. The molecule has 0 aliphatic rings. The molecule has 0 fully saturated rings. The van der Waals surface area contributed by atoms with Gasteiger partial charge >= 0.3 is 0 Å². The lowest BCUT2D eigenvalue weighted by atomic mass is 10.1. The number of aromatic nitrogens is 3. The molecule has 0 unspecified atom stereocenters. The van der Waals surface area contributed by atoms with E-state index in [4.69, 9.17) is 0 Å². The average Bonchev–Trinajstić information content (AvgIpc) is 3.09. The molecule has 3 aromatic rings. The number of nitrogens with zero attached hydrogens (tertiary/aromatic N) is 4. The number of aliphatic imine (C=N–C) groups is 1. The number of nitrogens with one attached hydrogen (secondary N) is 2. The number of benzene rings is 1. The second kappa shape index (κ2) is 10.9. The van der Waals surface area contributed by atoms with E-state index in [1.165, 1.54) is 6.07 Å². The Balaban J connectivity index is 0.00000280. The Kier molecular flexibility index (Phi) is 8.62. The van der Waals surface area contributed by atoms with Crippen molar-refractivity contribution < 1.29 is 4.39 Å². The van der Waals surface area contributed by atoms with E-state index in [0.29, 0.717) is 12.1 Å². The van der Waals surface area contributed by atoms with Crippen LogP contribution in [0.3, 0.4) is 0 Å². The normalized spacial score (nSPS) is 11.3. The van der Waals surface area contributed by atoms with Crippen LogP contribution in [0.15, 0.2) is 47.6 Å². The molecular weight excluding hydrogens is 470 g/mol. The van der Waals surface area contributed by atoms with Gasteiger partial charge in [0.1, 0.15) is 11.6 Å². The summed E-state index contributed by atoms with van der Waals surface area (Å²) >= 11 is 0. The Morgan fingerprint density at radius 1 is 1.18 bits per heavy atom. The highest BCUT2D eigenvalue weighted by atomic mass is 127. The van der Waals surface area contributed by atoms with E-state index in [1.54, 1.807) is 13.0 Å². The molecule has 0 atom stereocenters. The number of rotatable bonds is 7. The third-order valence-electron chi connectivity index (χ3n) is 4.24. The second-order valence-electron chi connectivity index (χ2n) is 6.35. The molecule has 0 amide bonds. The zero-order valence-corrected chi connectivity index (χ0v) is 18.5. The van der Waals surface area contributed by atoms with Crippen molar-refractivity contribution in [3.8, 4) is 0 Å². The maximum Gasteiger partial charge on any atom is 0.191 e. The molecule has 0 saturated carbocycles. The molecule has 8 heteroatoms. The molecule has 0 radical (unpaired) electrons. The minimum absolute atomic E-state index is 0. The number of pyridine rings is 1. The lowest BCUT2D eigenvalue weighted by Gasteiger charge is -2.11. The van der Waals surface area contributed by atoms with Crippen LogP contribution in [0.2, 0.25) is 0 Å². The molecule has 1 aromatic carbocycles. The zero-order valence-electron chi connectivity index (χ0n) is 16.2. The van der Waals surface area contributed by atoms with Crippen molar-refractivity contribution in [2.45, 2.75) is 33.2 Å². The van der Waals surface area contributed by atoms with Crippen LogP contribution < -0.4 is 10.6 Å². The van der Waals surface area contributed by atoms with Gasteiger partial charge in [0.15, 0.2) is 11.6 Å². The number of fused-ring (bicyclic) bond motifs is 1. The van der Waals surface area contributed by atoms with E-state index in [2.05, 4.69) is 25.8 Å². The van der Waals surface area contributed by atoms with Gasteiger partial charge in [-0.05, 0) is 49.6 Å². The molecule has 0 saturated heterocycles. The Hall–Kier alpha value is -2.23. The maximum atomic E-state index is 13.4. The van der Waals surface area contributed by atoms with E-state index in [1.807, 2.05) is 41.8 Å². The van der Waals surface area contributed by atoms with Gasteiger partial charge in [0.2, 0.25) is 0 Å². The highest BCUT2D eigenvalue weighted by molar-refractivity contribution is 14.0. The van der Waals surface area contributed by atoms with E-state index in [9.17, 15) is 4.39 Å². The summed E-state index contributed by atoms with van der Waals surface area (Å²) in [5, 5.41) is 15.0. The van der Waals surface area contributed by atoms with Gasteiger partial charge in [-0.1, -0.05) is 18.2 Å². The third kappa shape index (κ3) is 5.88. The molecule has 6 nitrogen and oxygen atoms in total. The second-order valence-corrected chi connectivity index (χ2v) is 6.35. The SMILES string of the molecule is CCNC(=NCc1ccc(F)c(C)c1)NCCCc1nnc2ccccn12.I. The smallest absolute Gasteiger partial charge is 0.191 e. The molecule has 2 aromatic heterocycles. The summed E-state index contributed by atoms with van der Waals surface area (Å²) in [6.45, 7) is 5.85. The molecule has 0 bridgehead atoms. The molecular formula is C20H26FIN6. The molecule has 2 N–H and O–H groups in total. The molecule has 2 heterocycles. The van der Waals surface area contributed by atoms with Gasteiger partial charge in [-0.2, -0.15) is 0 Å². The minimum atomic E-state index is -0.186. The van der Waals surface area contributed by atoms with Gasteiger partial charge in [-0.3, -0.25) is 4.40 Å². The first-order chi connectivity index (χ1) is 13.2. The molecule has 0 aliphatic carbocycles. The van der Waals surface area contributed by atoms with Crippen LogP contribution in [0.25, 0.3) is 5.65 Å². The summed E-state index contributed by atoms with van der Waals surface area (Å²) in [4.78, 5) is 4.58. The van der Waals surface area contributed by atoms with Gasteiger partial charge in [-0.15, -0.1) is 34.2 Å². The third-order valence-corrected chi connectivity index (χ3v) is 4.24. The van der Waals surface area contributed by atoms with Crippen LogP contribution in [0.1, 0.15) is 30.3 Å². The Labute approximate surface area is 181 Å². The number of aryl methyl sites for hydroxylation is 2. The Morgan fingerprint density at radius 2 is 2.04 bits per heavy atom. The number of halogens is 2. The van der Waals surface area contributed by atoms with Gasteiger partial charge in [0, 0.05) is 25.7 Å². The summed E-state index contributed by atoms with van der Waals surface area (Å²) in [7, 11) is 0. The fraction of sp³-hybridized carbons (Fsp3) is 0.350. The average molecular weight is 496 g/mol. The van der Waals surface area contributed by atoms with Crippen LogP contribution in [0.4, 0.5) is 4.39 Å². The summed E-state index contributed by atoms with van der Waals surface area (Å²) < 4.78 is 15.4. The fourth-order valence-corrected chi connectivity index (χ4v) is 2.83. The minimum Gasteiger partial charge on any atom is -0.357 e. The van der Waals surface area contributed by atoms with Gasteiger partial charge < -0.3 is 10.6 Å². The van der Waals surface area contributed by atoms with Crippen LogP contribution in [0.5, 0.6) is 0 Å². The fourth-order valence-electron chi connectivity index (χ4n) is 2.83. The molecule has 0 spiro atoms. The maximum absolute atomic E-state index is 13.4.